The zero-order valence-electron chi connectivity index (χ0n) is 10.5. The molecule has 0 aromatic rings. The van der Waals surface area contributed by atoms with Crippen LogP contribution in [0.25, 0.3) is 0 Å². The Morgan fingerprint density at radius 3 is 2.47 bits per heavy atom. The van der Waals surface area contributed by atoms with Gasteiger partial charge in [0.05, 0.1) is 0 Å². The van der Waals surface area contributed by atoms with Gasteiger partial charge in [0.2, 0.25) is 0 Å². The average molecular weight is 208 g/mol. The van der Waals surface area contributed by atoms with Crippen molar-refractivity contribution in [1.82, 2.24) is 0 Å². The molecule has 2 aliphatic carbocycles. The fourth-order valence-electron chi connectivity index (χ4n) is 4.48. The van der Waals surface area contributed by atoms with E-state index in [1.54, 1.807) is 0 Å². The molecule has 5 atom stereocenters. The first-order valence-electron chi connectivity index (χ1n) is 6.46. The Morgan fingerprint density at radius 2 is 2.00 bits per heavy atom. The van der Waals surface area contributed by atoms with Gasteiger partial charge in [0.15, 0.2) is 0 Å². The highest BCUT2D eigenvalue weighted by atomic mass is 16.1. The van der Waals surface area contributed by atoms with Crippen molar-refractivity contribution in [3.05, 3.63) is 0 Å². The molecule has 0 heterocycles. The fourth-order valence-corrected chi connectivity index (χ4v) is 4.48. The molecule has 0 saturated heterocycles. The van der Waals surface area contributed by atoms with Crippen LogP contribution in [0.1, 0.15) is 47.0 Å². The molecule has 0 aromatic heterocycles. The number of carbonyl (C=O) groups excluding carboxylic acids is 1. The maximum absolute atomic E-state index is 11.0. The molecule has 2 rings (SSSR count). The van der Waals surface area contributed by atoms with Crippen molar-refractivity contribution in [1.29, 1.82) is 0 Å². The monoisotopic (exact) mass is 208 g/mol. The maximum Gasteiger partial charge on any atom is 0.123 e. The lowest BCUT2D eigenvalue weighted by molar-refractivity contribution is -0.113. The molecule has 0 aromatic carbocycles. The number of rotatable bonds is 3. The second-order valence-corrected chi connectivity index (χ2v) is 6.42. The van der Waals surface area contributed by atoms with Crippen LogP contribution >= 0.6 is 0 Å². The fraction of sp³-hybridized carbons (Fsp3) is 0.929. The molecule has 2 bridgehead atoms. The lowest BCUT2D eigenvalue weighted by Crippen LogP contribution is -2.36. The summed E-state index contributed by atoms with van der Waals surface area (Å²) in [5.41, 5.74) is 0.465. The second kappa shape index (κ2) is 3.61. The largest absolute Gasteiger partial charge is 0.303 e. The van der Waals surface area contributed by atoms with Gasteiger partial charge in [0.25, 0.3) is 0 Å². The minimum atomic E-state index is 0.383. The second-order valence-electron chi connectivity index (χ2n) is 6.42. The van der Waals surface area contributed by atoms with Gasteiger partial charge in [-0.25, -0.2) is 0 Å². The predicted molar refractivity (Wildman–Crippen MR) is 62.5 cm³/mol. The third kappa shape index (κ3) is 1.55. The summed E-state index contributed by atoms with van der Waals surface area (Å²) in [4.78, 5) is 11.0. The highest BCUT2D eigenvalue weighted by molar-refractivity contribution is 5.55. The van der Waals surface area contributed by atoms with Gasteiger partial charge in [-0.15, -0.1) is 0 Å². The predicted octanol–water partition coefficient (Wildman–Crippen LogP) is 3.53. The van der Waals surface area contributed by atoms with Crippen molar-refractivity contribution in [2.24, 2.45) is 35.0 Å². The Bertz CT molecular complexity index is 254. The molecule has 2 saturated carbocycles. The summed E-state index contributed by atoms with van der Waals surface area (Å²) in [5.74, 6) is 3.52. The third-order valence-corrected chi connectivity index (χ3v) is 5.44. The topological polar surface area (TPSA) is 17.1 Å². The lowest BCUT2D eigenvalue weighted by atomic mass is 9.63. The van der Waals surface area contributed by atoms with Gasteiger partial charge in [-0.3, -0.25) is 0 Å². The first kappa shape index (κ1) is 11.2. The molecule has 0 radical (unpaired) electrons. The summed E-state index contributed by atoms with van der Waals surface area (Å²) in [7, 11) is 0. The molecule has 0 amide bonds. The number of carbonyl (C=O) groups is 1. The van der Waals surface area contributed by atoms with E-state index in [1.807, 2.05) is 0 Å². The molecule has 15 heavy (non-hydrogen) atoms. The third-order valence-electron chi connectivity index (χ3n) is 5.44. The van der Waals surface area contributed by atoms with Gasteiger partial charge in [-0.05, 0) is 41.9 Å². The van der Waals surface area contributed by atoms with E-state index in [-0.39, 0.29) is 0 Å². The Balaban J connectivity index is 2.17. The number of hydrogen-bond donors (Lipinski definition) is 0. The van der Waals surface area contributed by atoms with Crippen molar-refractivity contribution in [2.75, 3.05) is 0 Å². The Labute approximate surface area is 93.6 Å². The molecule has 86 valence electrons. The maximum atomic E-state index is 11.0. The van der Waals surface area contributed by atoms with E-state index in [1.165, 1.54) is 25.5 Å². The number of hydrogen-bond acceptors (Lipinski definition) is 1. The molecule has 1 nitrogen and oxygen atoms in total. The van der Waals surface area contributed by atoms with E-state index < -0.39 is 0 Å². The highest BCUT2D eigenvalue weighted by Gasteiger charge is 2.54. The van der Waals surface area contributed by atoms with Crippen LogP contribution in [0, 0.1) is 35.0 Å². The molecule has 5 unspecified atom stereocenters. The average Bonchev–Trinajstić information content (AvgIpc) is 2.74. The summed E-state index contributed by atoms with van der Waals surface area (Å²) < 4.78 is 0. The van der Waals surface area contributed by atoms with Gasteiger partial charge in [0, 0.05) is 5.92 Å². The summed E-state index contributed by atoms with van der Waals surface area (Å²) in [5, 5.41) is 0. The smallest absolute Gasteiger partial charge is 0.123 e. The van der Waals surface area contributed by atoms with E-state index in [0.29, 0.717) is 17.3 Å². The van der Waals surface area contributed by atoms with Crippen molar-refractivity contribution in [3.63, 3.8) is 0 Å². The van der Waals surface area contributed by atoms with Crippen molar-refractivity contribution in [3.8, 4) is 0 Å². The highest BCUT2D eigenvalue weighted by Crippen LogP contribution is 2.60. The summed E-state index contributed by atoms with van der Waals surface area (Å²) >= 11 is 0. The lowest BCUT2D eigenvalue weighted by Gasteiger charge is -2.42. The van der Waals surface area contributed by atoms with E-state index in [4.69, 9.17) is 0 Å². The van der Waals surface area contributed by atoms with Gasteiger partial charge in [0.1, 0.15) is 6.29 Å². The summed E-state index contributed by atoms with van der Waals surface area (Å²) in [6, 6.07) is 0. The molecule has 1 heteroatoms. The molecular formula is C14H24O. The van der Waals surface area contributed by atoms with Gasteiger partial charge >= 0.3 is 0 Å². The molecule has 0 N–H and O–H groups in total. The zero-order chi connectivity index (χ0) is 11.2. The van der Waals surface area contributed by atoms with Gasteiger partial charge in [-0.2, -0.15) is 0 Å². The van der Waals surface area contributed by atoms with Gasteiger partial charge < -0.3 is 4.79 Å². The molecule has 2 aliphatic rings. The van der Waals surface area contributed by atoms with Crippen molar-refractivity contribution < 1.29 is 4.79 Å². The van der Waals surface area contributed by atoms with Crippen molar-refractivity contribution >= 4 is 6.29 Å². The van der Waals surface area contributed by atoms with Crippen LogP contribution in [0.5, 0.6) is 0 Å². The summed E-state index contributed by atoms with van der Waals surface area (Å²) in [6.07, 6.45) is 4.97. The van der Waals surface area contributed by atoms with Crippen LogP contribution in [-0.4, -0.2) is 6.29 Å². The van der Waals surface area contributed by atoms with E-state index in [0.717, 1.165) is 17.8 Å². The van der Waals surface area contributed by atoms with Crippen LogP contribution in [0.2, 0.25) is 0 Å². The Morgan fingerprint density at radius 1 is 1.33 bits per heavy atom. The van der Waals surface area contributed by atoms with Crippen LogP contribution in [0.15, 0.2) is 0 Å². The quantitative estimate of drug-likeness (QED) is 0.648. The minimum absolute atomic E-state index is 0.383. The SMILES string of the molecule is CCC(C)(C)C1C2CC(C=O)C(C2)C1C. The molecule has 0 spiro atoms. The zero-order valence-corrected chi connectivity index (χ0v) is 10.5. The normalized spacial score (nSPS) is 44.7. The van der Waals surface area contributed by atoms with Crippen LogP contribution in [0.4, 0.5) is 0 Å². The number of aldehydes is 1. The molecule has 0 aliphatic heterocycles. The van der Waals surface area contributed by atoms with Crippen LogP contribution in [0.3, 0.4) is 0 Å². The van der Waals surface area contributed by atoms with E-state index in [9.17, 15) is 4.79 Å². The number of fused-ring (bicyclic) bond motifs is 2. The van der Waals surface area contributed by atoms with Crippen molar-refractivity contribution in [2.45, 2.75) is 47.0 Å². The molecule has 2 fully saturated rings. The van der Waals surface area contributed by atoms with E-state index >= 15 is 0 Å². The standard InChI is InChI=1S/C14H24O/c1-5-14(3,4)13-9(2)12-7-10(13)6-11(12)8-15/h8-13H,5-7H2,1-4H3. The van der Waals surface area contributed by atoms with Crippen LogP contribution in [-0.2, 0) is 4.79 Å². The van der Waals surface area contributed by atoms with E-state index in [2.05, 4.69) is 27.7 Å². The molecular weight excluding hydrogens is 184 g/mol. The Kier molecular flexibility index (Phi) is 2.68. The minimum Gasteiger partial charge on any atom is -0.303 e. The van der Waals surface area contributed by atoms with Crippen LogP contribution < -0.4 is 0 Å². The first-order valence-corrected chi connectivity index (χ1v) is 6.46. The first-order chi connectivity index (χ1) is 7.01. The summed E-state index contributed by atoms with van der Waals surface area (Å²) in [6.45, 7) is 9.49. The van der Waals surface area contributed by atoms with Gasteiger partial charge in [-0.1, -0.05) is 34.1 Å². The Hall–Kier alpha value is -0.330.